The molecule has 2 heteroatoms. The average molecular weight is 196 g/mol. The van der Waals surface area contributed by atoms with Gasteiger partial charge in [0, 0.05) is 12.0 Å². The maximum Gasteiger partial charge on any atom is 0.0289 e. The molecular weight excluding hydrogens is 182 g/mol. The Kier molecular flexibility index (Phi) is 2.87. The fourth-order valence-corrected chi connectivity index (χ4v) is 2.45. The zero-order chi connectivity index (χ0) is 9.10. The average Bonchev–Trinajstić information content (AvgIpc) is 2.67. The molecule has 0 aromatic heterocycles. The molecule has 1 unspecified atom stereocenters. The molecule has 1 N–H and O–H groups in total. The molecule has 0 aliphatic heterocycles. The largest absolute Gasteiger partial charge is 0.230 e. The van der Waals surface area contributed by atoms with Crippen molar-refractivity contribution in [1.29, 1.82) is 0 Å². The van der Waals surface area contributed by atoms with Crippen molar-refractivity contribution in [3.8, 4) is 0 Å². The number of hydrogen-bond donors (Lipinski definition) is 1. The van der Waals surface area contributed by atoms with Crippen molar-refractivity contribution in [2.24, 2.45) is 0 Å². The lowest BCUT2D eigenvalue weighted by atomic mass is 9.95. The van der Waals surface area contributed by atoms with Crippen LogP contribution in [0.25, 0.3) is 0 Å². The van der Waals surface area contributed by atoms with Crippen LogP contribution in [0.1, 0.15) is 30.7 Å². The summed E-state index contributed by atoms with van der Waals surface area (Å²) in [4.78, 5) is 2.88. The summed E-state index contributed by atoms with van der Waals surface area (Å²) in [5.74, 6) is 0.610. The van der Waals surface area contributed by atoms with Crippen LogP contribution in [0, 0.1) is 0 Å². The summed E-state index contributed by atoms with van der Waals surface area (Å²) >= 11 is 5.70. The van der Waals surface area contributed by atoms with E-state index in [0.29, 0.717) is 12.0 Å². The first kappa shape index (κ1) is 9.04. The third kappa shape index (κ3) is 1.87. The van der Waals surface area contributed by atoms with Crippen molar-refractivity contribution in [3.63, 3.8) is 0 Å². The molecule has 0 amide bonds. The first-order valence-corrected chi connectivity index (χ1v) is 5.20. The van der Waals surface area contributed by atoms with Gasteiger partial charge in [0.15, 0.2) is 0 Å². The zero-order valence-corrected chi connectivity index (χ0v) is 8.30. The van der Waals surface area contributed by atoms with Gasteiger partial charge in [0.05, 0.1) is 0 Å². The number of benzene rings is 1. The minimum atomic E-state index is 0.462. The van der Waals surface area contributed by atoms with Gasteiger partial charge in [-0.05, 0) is 30.2 Å². The van der Waals surface area contributed by atoms with E-state index in [0.717, 1.165) is 0 Å². The Labute approximate surface area is 84.2 Å². The summed E-state index contributed by atoms with van der Waals surface area (Å²) in [6, 6.07) is 11.1. The highest BCUT2D eigenvalue weighted by Crippen LogP contribution is 2.34. The first-order valence-electron chi connectivity index (χ1n) is 4.83. The quantitative estimate of drug-likeness (QED) is 0.716. The van der Waals surface area contributed by atoms with E-state index in [1.807, 2.05) is 0 Å². The summed E-state index contributed by atoms with van der Waals surface area (Å²) in [6.45, 7) is 0. The molecule has 1 aliphatic carbocycles. The summed E-state index contributed by atoms with van der Waals surface area (Å²) in [6.07, 6.45) is 3.74. The Balaban J connectivity index is 2.16. The van der Waals surface area contributed by atoms with Gasteiger partial charge in [-0.2, -0.15) is 0 Å². The summed E-state index contributed by atoms with van der Waals surface area (Å²) in [5.41, 5.74) is 1.41. The van der Waals surface area contributed by atoms with Crippen LogP contribution in [-0.4, -0.2) is 6.04 Å². The molecule has 2 atom stereocenters. The Morgan fingerprint density at radius 2 is 1.92 bits per heavy atom. The van der Waals surface area contributed by atoms with Crippen LogP contribution in [0.15, 0.2) is 30.3 Å². The van der Waals surface area contributed by atoms with Crippen LogP contribution in [-0.2, 0) is 0 Å². The predicted molar refractivity (Wildman–Crippen MR) is 55.8 cm³/mol. The van der Waals surface area contributed by atoms with Crippen LogP contribution in [0.2, 0.25) is 0 Å². The fraction of sp³-hybridized carbons (Fsp3) is 0.455. The second kappa shape index (κ2) is 4.12. The van der Waals surface area contributed by atoms with Crippen LogP contribution in [0.3, 0.4) is 0 Å². The van der Waals surface area contributed by atoms with Crippen molar-refractivity contribution in [3.05, 3.63) is 35.9 Å². The topological polar surface area (TPSA) is 12.0 Å². The lowest BCUT2D eigenvalue weighted by Gasteiger charge is -2.17. The summed E-state index contributed by atoms with van der Waals surface area (Å²) < 4.78 is 0. The number of hydrogen-bond acceptors (Lipinski definition) is 1. The second-order valence-corrected chi connectivity index (χ2v) is 3.88. The van der Waals surface area contributed by atoms with Crippen molar-refractivity contribution in [2.75, 3.05) is 0 Å². The lowest BCUT2D eigenvalue weighted by Crippen LogP contribution is -2.23. The molecule has 0 heterocycles. The van der Waals surface area contributed by atoms with E-state index >= 15 is 0 Å². The van der Waals surface area contributed by atoms with Gasteiger partial charge in [-0.3, -0.25) is 0 Å². The number of rotatable bonds is 2. The van der Waals surface area contributed by atoms with E-state index in [1.54, 1.807) is 0 Å². The number of nitrogens with one attached hydrogen (secondary N) is 1. The van der Waals surface area contributed by atoms with E-state index in [1.165, 1.54) is 24.8 Å². The molecule has 0 bridgehead atoms. The van der Waals surface area contributed by atoms with Gasteiger partial charge in [-0.15, -0.1) is 0 Å². The predicted octanol–water partition coefficient (Wildman–Crippen LogP) is 3.07. The van der Waals surface area contributed by atoms with Gasteiger partial charge in [0.25, 0.3) is 0 Å². The van der Waals surface area contributed by atoms with E-state index in [9.17, 15) is 0 Å². The second-order valence-electron chi connectivity index (χ2n) is 3.66. The maximum absolute atomic E-state index is 5.70. The molecule has 1 aliphatic rings. The molecule has 13 heavy (non-hydrogen) atoms. The van der Waals surface area contributed by atoms with Gasteiger partial charge in [-0.1, -0.05) is 36.8 Å². The van der Waals surface area contributed by atoms with Gasteiger partial charge >= 0.3 is 0 Å². The van der Waals surface area contributed by atoms with Crippen molar-refractivity contribution >= 4 is 11.8 Å². The van der Waals surface area contributed by atoms with E-state index < -0.39 is 0 Å². The standard InChI is InChI=1S/C11H14ClN/c12-13-11-8-4-7-10(11)9-5-2-1-3-6-9/h1-3,5-6,10-11,13H,4,7-8H2/t10?,11-/m1/s1. The smallest absolute Gasteiger partial charge is 0.0289 e. The molecule has 1 aromatic rings. The molecule has 0 spiro atoms. The van der Waals surface area contributed by atoms with Crippen molar-refractivity contribution in [1.82, 2.24) is 4.84 Å². The highest BCUT2D eigenvalue weighted by molar-refractivity contribution is 6.13. The van der Waals surface area contributed by atoms with E-state index in [4.69, 9.17) is 11.8 Å². The van der Waals surface area contributed by atoms with Crippen molar-refractivity contribution < 1.29 is 0 Å². The Morgan fingerprint density at radius 3 is 2.62 bits per heavy atom. The molecule has 0 saturated heterocycles. The van der Waals surface area contributed by atoms with E-state index in [-0.39, 0.29) is 0 Å². The van der Waals surface area contributed by atoms with Crippen LogP contribution < -0.4 is 4.84 Å². The molecule has 1 fully saturated rings. The fourth-order valence-electron chi connectivity index (χ4n) is 2.19. The van der Waals surface area contributed by atoms with Crippen molar-refractivity contribution in [2.45, 2.75) is 31.2 Å². The number of halogens is 1. The maximum atomic E-state index is 5.70. The minimum Gasteiger partial charge on any atom is -0.230 e. The minimum absolute atomic E-state index is 0.462. The molecule has 1 nitrogen and oxygen atoms in total. The monoisotopic (exact) mass is 195 g/mol. The zero-order valence-electron chi connectivity index (χ0n) is 7.54. The normalized spacial score (nSPS) is 27.8. The third-order valence-corrected chi connectivity index (χ3v) is 3.16. The van der Waals surface area contributed by atoms with E-state index in [2.05, 4.69) is 35.2 Å². The molecule has 2 rings (SSSR count). The van der Waals surface area contributed by atoms with Gasteiger partial charge in [0.1, 0.15) is 0 Å². The Morgan fingerprint density at radius 1 is 1.15 bits per heavy atom. The Bertz CT molecular complexity index is 260. The van der Waals surface area contributed by atoms with Crippen LogP contribution >= 0.6 is 11.8 Å². The van der Waals surface area contributed by atoms with Crippen LogP contribution in [0.4, 0.5) is 0 Å². The molecule has 0 radical (unpaired) electrons. The first-order chi connectivity index (χ1) is 6.42. The van der Waals surface area contributed by atoms with Gasteiger partial charge in [-0.25, -0.2) is 4.84 Å². The third-order valence-electron chi connectivity index (χ3n) is 2.88. The Hall–Kier alpha value is -0.530. The highest BCUT2D eigenvalue weighted by atomic mass is 35.5. The molecule has 70 valence electrons. The lowest BCUT2D eigenvalue weighted by molar-refractivity contribution is 0.573. The SMILES string of the molecule is ClN[C@@H]1CCCC1c1ccccc1. The summed E-state index contributed by atoms with van der Waals surface area (Å²) in [7, 11) is 0. The highest BCUT2D eigenvalue weighted by Gasteiger charge is 2.27. The van der Waals surface area contributed by atoms with Crippen LogP contribution in [0.5, 0.6) is 0 Å². The molecular formula is C11H14ClN. The molecule has 1 saturated carbocycles. The van der Waals surface area contributed by atoms with Gasteiger partial charge < -0.3 is 0 Å². The van der Waals surface area contributed by atoms with Gasteiger partial charge in [0.2, 0.25) is 0 Å². The summed E-state index contributed by atoms with van der Waals surface area (Å²) in [5, 5.41) is 0. The molecule has 1 aromatic carbocycles.